The molecule has 18 heavy (non-hydrogen) atoms. The second-order valence-electron chi connectivity index (χ2n) is 3.58. The molecular formula is C14H18O4. The van der Waals surface area contributed by atoms with Gasteiger partial charge in [-0.1, -0.05) is 12.1 Å². The summed E-state index contributed by atoms with van der Waals surface area (Å²) in [6, 6.07) is 7.35. The average molecular weight is 250 g/mol. The third-order valence-corrected chi connectivity index (χ3v) is 2.15. The lowest BCUT2D eigenvalue weighted by Gasteiger charge is -2.04. The average Bonchev–Trinajstić information content (AvgIpc) is 2.38. The van der Waals surface area contributed by atoms with E-state index >= 15 is 0 Å². The molecule has 0 spiro atoms. The van der Waals surface area contributed by atoms with Crippen LogP contribution in [-0.4, -0.2) is 30.9 Å². The maximum Gasteiger partial charge on any atom is 0.330 e. The number of ether oxygens (including phenoxy) is 2. The van der Waals surface area contributed by atoms with Gasteiger partial charge in [-0.3, -0.25) is 0 Å². The minimum absolute atomic E-state index is 0.125. The Morgan fingerprint density at radius 2 is 2.06 bits per heavy atom. The predicted molar refractivity (Wildman–Crippen MR) is 69.3 cm³/mol. The highest BCUT2D eigenvalue weighted by Crippen LogP contribution is 2.13. The quantitative estimate of drug-likeness (QED) is 0.457. The molecule has 0 radical (unpaired) electrons. The molecule has 0 aliphatic heterocycles. The number of hydrogen-bond donors (Lipinski definition) is 1. The Bertz CT molecular complexity index is 381. The Hall–Kier alpha value is -1.81. The van der Waals surface area contributed by atoms with Crippen LogP contribution in [0.15, 0.2) is 30.3 Å². The molecule has 1 rings (SSSR count). The molecule has 0 saturated carbocycles. The number of rotatable bonds is 7. The Morgan fingerprint density at radius 1 is 1.33 bits per heavy atom. The summed E-state index contributed by atoms with van der Waals surface area (Å²) in [5.74, 6) is 0.400. The van der Waals surface area contributed by atoms with Gasteiger partial charge in [0.15, 0.2) is 0 Å². The topological polar surface area (TPSA) is 55.8 Å². The maximum atomic E-state index is 11.1. The van der Waals surface area contributed by atoms with Gasteiger partial charge in [-0.05, 0) is 30.7 Å². The number of benzene rings is 1. The van der Waals surface area contributed by atoms with Crippen LogP contribution in [0.2, 0.25) is 0 Å². The van der Waals surface area contributed by atoms with Crippen molar-refractivity contribution in [2.75, 3.05) is 19.8 Å². The van der Waals surface area contributed by atoms with E-state index in [0.29, 0.717) is 19.6 Å². The fourth-order valence-corrected chi connectivity index (χ4v) is 1.28. The van der Waals surface area contributed by atoms with E-state index in [1.54, 1.807) is 13.0 Å². The SMILES string of the molecule is CCOC(=O)C=Cc1ccc(OCCCO)cc1. The molecule has 0 amide bonds. The molecule has 0 aliphatic carbocycles. The highest BCUT2D eigenvalue weighted by Gasteiger charge is 1.96. The summed E-state index contributed by atoms with van der Waals surface area (Å²) < 4.78 is 10.2. The number of esters is 1. The first kappa shape index (κ1) is 14.3. The molecule has 0 aromatic heterocycles. The van der Waals surface area contributed by atoms with E-state index in [0.717, 1.165) is 11.3 Å². The normalized spacial score (nSPS) is 10.6. The molecule has 0 bridgehead atoms. The first-order valence-corrected chi connectivity index (χ1v) is 5.95. The van der Waals surface area contributed by atoms with Crippen LogP contribution in [0.25, 0.3) is 6.08 Å². The highest BCUT2D eigenvalue weighted by molar-refractivity contribution is 5.87. The van der Waals surface area contributed by atoms with E-state index in [2.05, 4.69) is 0 Å². The van der Waals surface area contributed by atoms with Gasteiger partial charge in [-0.15, -0.1) is 0 Å². The van der Waals surface area contributed by atoms with Gasteiger partial charge >= 0.3 is 5.97 Å². The van der Waals surface area contributed by atoms with Crippen molar-refractivity contribution in [2.45, 2.75) is 13.3 Å². The van der Waals surface area contributed by atoms with Crippen LogP contribution in [0.5, 0.6) is 5.75 Å². The van der Waals surface area contributed by atoms with Crippen LogP contribution in [0, 0.1) is 0 Å². The smallest absolute Gasteiger partial charge is 0.330 e. The van der Waals surface area contributed by atoms with Crippen molar-refractivity contribution in [1.29, 1.82) is 0 Å². The van der Waals surface area contributed by atoms with Gasteiger partial charge in [-0.25, -0.2) is 4.79 Å². The van der Waals surface area contributed by atoms with Gasteiger partial charge < -0.3 is 14.6 Å². The second kappa shape index (κ2) is 8.31. The molecule has 0 heterocycles. The van der Waals surface area contributed by atoms with Crippen molar-refractivity contribution >= 4 is 12.0 Å². The molecular weight excluding hydrogens is 232 g/mol. The Morgan fingerprint density at radius 3 is 2.67 bits per heavy atom. The zero-order valence-electron chi connectivity index (χ0n) is 10.5. The Kier molecular flexibility index (Phi) is 6.58. The van der Waals surface area contributed by atoms with Crippen LogP contribution >= 0.6 is 0 Å². The monoisotopic (exact) mass is 250 g/mol. The third-order valence-electron chi connectivity index (χ3n) is 2.15. The van der Waals surface area contributed by atoms with E-state index in [1.165, 1.54) is 6.08 Å². The summed E-state index contributed by atoms with van der Waals surface area (Å²) >= 11 is 0. The number of carbonyl (C=O) groups excluding carboxylic acids is 1. The minimum Gasteiger partial charge on any atom is -0.494 e. The van der Waals surface area contributed by atoms with Gasteiger partial charge in [0.2, 0.25) is 0 Å². The van der Waals surface area contributed by atoms with Crippen molar-refractivity contribution in [2.24, 2.45) is 0 Å². The fourth-order valence-electron chi connectivity index (χ4n) is 1.28. The molecule has 1 aromatic rings. The van der Waals surface area contributed by atoms with Crippen molar-refractivity contribution in [1.82, 2.24) is 0 Å². The molecule has 4 nitrogen and oxygen atoms in total. The zero-order chi connectivity index (χ0) is 13.2. The van der Waals surface area contributed by atoms with E-state index in [-0.39, 0.29) is 12.6 Å². The Labute approximate surface area is 107 Å². The number of hydrogen-bond acceptors (Lipinski definition) is 4. The van der Waals surface area contributed by atoms with Gasteiger partial charge in [0.05, 0.1) is 13.2 Å². The lowest BCUT2D eigenvalue weighted by atomic mass is 10.2. The number of carbonyl (C=O) groups is 1. The molecule has 0 aliphatic rings. The first-order valence-electron chi connectivity index (χ1n) is 5.95. The van der Waals surface area contributed by atoms with Crippen molar-refractivity contribution in [3.8, 4) is 5.75 Å². The summed E-state index contributed by atoms with van der Waals surface area (Å²) in [6.45, 7) is 2.76. The van der Waals surface area contributed by atoms with Crippen LogP contribution in [0.1, 0.15) is 18.9 Å². The first-order chi connectivity index (χ1) is 8.76. The van der Waals surface area contributed by atoms with E-state index in [9.17, 15) is 4.79 Å². The van der Waals surface area contributed by atoms with Crippen LogP contribution in [0.4, 0.5) is 0 Å². The standard InChI is InChI=1S/C14H18O4/c1-2-17-14(16)9-6-12-4-7-13(8-5-12)18-11-3-10-15/h4-9,15H,2-3,10-11H2,1H3. The van der Waals surface area contributed by atoms with Gasteiger partial charge in [-0.2, -0.15) is 0 Å². The minimum atomic E-state index is -0.347. The van der Waals surface area contributed by atoms with Crippen molar-refractivity contribution in [3.63, 3.8) is 0 Å². The van der Waals surface area contributed by atoms with Gasteiger partial charge in [0.1, 0.15) is 5.75 Å². The molecule has 0 saturated heterocycles. The molecule has 1 N–H and O–H groups in total. The highest BCUT2D eigenvalue weighted by atomic mass is 16.5. The van der Waals surface area contributed by atoms with E-state index in [1.807, 2.05) is 24.3 Å². The maximum absolute atomic E-state index is 11.1. The summed E-state index contributed by atoms with van der Waals surface area (Å²) in [5, 5.41) is 8.62. The van der Waals surface area contributed by atoms with E-state index in [4.69, 9.17) is 14.6 Å². The second-order valence-corrected chi connectivity index (χ2v) is 3.58. The van der Waals surface area contributed by atoms with Crippen molar-refractivity contribution in [3.05, 3.63) is 35.9 Å². The van der Waals surface area contributed by atoms with Crippen LogP contribution in [0.3, 0.4) is 0 Å². The molecule has 1 aromatic carbocycles. The third kappa shape index (κ3) is 5.50. The summed E-state index contributed by atoms with van der Waals surface area (Å²) in [5.41, 5.74) is 0.901. The van der Waals surface area contributed by atoms with Crippen LogP contribution < -0.4 is 4.74 Å². The number of aliphatic hydroxyl groups is 1. The van der Waals surface area contributed by atoms with Crippen LogP contribution in [-0.2, 0) is 9.53 Å². The molecule has 0 unspecified atom stereocenters. The molecule has 4 heteroatoms. The molecule has 0 atom stereocenters. The predicted octanol–water partition coefficient (Wildman–Crippen LogP) is 2.02. The van der Waals surface area contributed by atoms with Gasteiger partial charge in [0.25, 0.3) is 0 Å². The number of aliphatic hydroxyl groups excluding tert-OH is 1. The fraction of sp³-hybridized carbons (Fsp3) is 0.357. The summed E-state index contributed by atoms with van der Waals surface area (Å²) in [4.78, 5) is 11.1. The lowest BCUT2D eigenvalue weighted by Crippen LogP contribution is -1.99. The summed E-state index contributed by atoms with van der Waals surface area (Å²) in [6.07, 6.45) is 3.70. The Balaban J connectivity index is 2.47. The lowest BCUT2D eigenvalue weighted by molar-refractivity contribution is -0.137. The largest absolute Gasteiger partial charge is 0.494 e. The molecule has 0 fully saturated rings. The van der Waals surface area contributed by atoms with Crippen molar-refractivity contribution < 1.29 is 19.4 Å². The zero-order valence-corrected chi connectivity index (χ0v) is 10.5. The van der Waals surface area contributed by atoms with Gasteiger partial charge in [0, 0.05) is 19.1 Å². The van der Waals surface area contributed by atoms with E-state index < -0.39 is 0 Å². The molecule has 98 valence electrons. The summed E-state index contributed by atoms with van der Waals surface area (Å²) in [7, 11) is 0.